The van der Waals surface area contributed by atoms with Gasteiger partial charge in [0.25, 0.3) is 0 Å². The molecule has 1 heterocycles. The second-order valence-electron chi connectivity index (χ2n) is 5.47. The molecule has 0 saturated carbocycles. The van der Waals surface area contributed by atoms with Crippen LogP contribution in [0, 0.1) is 6.92 Å². The molecule has 1 aromatic heterocycles. The molecule has 1 rings (SSSR count). The summed E-state index contributed by atoms with van der Waals surface area (Å²) in [5, 5.41) is 6.20. The highest BCUT2D eigenvalue weighted by Gasteiger charge is 2.12. The fourth-order valence-corrected chi connectivity index (χ4v) is 1.65. The van der Waals surface area contributed by atoms with Gasteiger partial charge in [0.05, 0.1) is 0 Å². The van der Waals surface area contributed by atoms with Crippen LogP contribution in [-0.2, 0) is 11.3 Å². The predicted octanol–water partition coefficient (Wildman–Crippen LogP) is 1.09. The molecule has 1 amide bonds. The molecule has 0 spiro atoms. The number of carbonyl (C=O) groups is 1. The smallest absolute Gasteiger partial charge is 0.221 e. The number of amides is 1. The van der Waals surface area contributed by atoms with Crippen LogP contribution in [0.3, 0.4) is 0 Å². The second-order valence-corrected chi connectivity index (χ2v) is 5.47. The number of nitrogens with zero attached hydrogens (tertiary/aromatic N) is 2. The van der Waals surface area contributed by atoms with E-state index in [1.54, 1.807) is 6.20 Å². The van der Waals surface area contributed by atoms with Crippen LogP contribution in [0.2, 0.25) is 0 Å². The summed E-state index contributed by atoms with van der Waals surface area (Å²) in [5.74, 6) is 1.11. The Balaban J connectivity index is 2.09. The molecule has 0 radical (unpaired) electrons. The van der Waals surface area contributed by atoms with E-state index in [2.05, 4.69) is 20.2 Å². The molecule has 0 fully saturated rings. The van der Waals surface area contributed by atoms with E-state index in [0.29, 0.717) is 13.0 Å². The van der Waals surface area contributed by atoms with E-state index in [0.717, 1.165) is 18.9 Å². The van der Waals surface area contributed by atoms with Crippen molar-refractivity contribution in [3.63, 3.8) is 0 Å². The van der Waals surface area contributed by atoms with Crippen molar-refractivity contribution < 1.29 is 4.79 Å². The van der Waals surface area contributed by atoms with Crippen molar-refractivity contribution >= 4 is 5.91 Å². The fraction of sp³-hybridized carbons (Fsp3) is 0.692. The van der Waals surface area contributed by atoms with Gasteiger partial charge in [-0.05, 0) is 27.7 Å². The summed E-state index contributed by atoms with van der Waals surface area (Å²) in [6.45, 7) is 10.4. The van der Waals surface area contributed by atoms with Crippen molar-refractivity contribution in [3.05, 3.63) is 18.2 Å². The summed E-state index contributed by atoms with van der Waals surface area (Å²) >= 11 is 0. The molecule has 1 aromatic rings. The summed E-state index contributed by atoms with van der Waals surface area (Å²) in [7, 11) is 0. The Morgan fingerprint density at radius 2 is 2.11 bits per heavy atom. The molecule has 0 unspecified atom stereocenters. The van der Waals surface area contributed by atoms with Gasteiger partial charge in [-0.15, -0.1) is 0 Å². The third-order valence-corrected chi connectivity index (χ3v) is 2.50. The largest absolute Gasteiger partial charge is 0.351 e. The average Bonchev–Trinajstić information content (AvgIpc) is 2.61. The maximum atomic E-state index is 11.5. The molecule has 0 aliphatic carbocycles. The lowest BCUT2D eigenvalue weighted by atomic mass is 10.1. The number of imidazole rings is 1. The SMILES string of the molecule is Cc1nccn1CCNCCC(=O)NC(C)(C)C. The molecular formula is C13H24N4O. The van der Waals surface area contributed by atoms with Crippen LogP contribution in [0.5, 0.6) is 0 Å². The van der Waals surface area contributed by atoms with Crippen LogP contribution in [0.4, 0.5) is 0 Å². The van der Waals surface area contributed by atoms with Gasteiger partial charge >= 0.3 is 0 Å². The molecule has 2 N–H and O–H groups in total. The van der Waals surface area contributed by atoms with Crippen molar-refractivity contribution in [2.24, 2.45) is 0 Å². The molecular weight excluding hydrogens is 228 g/mol. The highest BCUT2D eigenvalue weighted by molar-refractivity contribution is 5.76. The van der Waals surface area contributed by atoms with E-state index in [1.807, 2.05) is 33.9 Å². The molecule has 0 atom stereocenters. The highest BCUT2D eigenvalue weighted by atomic mass is 16.1. The van der Waals surface area contributed by atoms with Crippen LogP contribution < -0.4 is 10.6 Å². The minimum atomic E-state index is -0.148. The highest BCUT2D eigenvalue weighted by Crippen LogP contribution is 1.98. The van der Waals surface area contributed by atoms with Gasteiger partial charge in [0.15, 0.2) is 0 Å². The minimum absolute atomic E-state index is 0.0915. The minimum Gasteiger partial charge on any atom is -0.351 e. The van der Waals surface area contributed by atoms with Gasteiger partial charge < -0.3 is 15.2 Å². The Labute approximate surface area is 109 Å². The zero-order chi connectivity index (χ0) is 13.6. The molecule has 0 aliphatic rings. The maximum absolute atomic E-state index is 11.5. The third-order valence-electron chi connectivity index (χ3n) is 2.50. The van der Waals surface area contributed by atoms with Gasteiger partial charge in [-0.3, -0.25) is 4.79 Å². The molecule has 18 heavy (non-hydrogen) atoms. The summed E-state index contributed by atoms with van der Waals surface area (Å²) in [6, 6.07) is 0. The van der Waals surface area contributed by atoms with Gasteiger partial charge in [-0.1, -0.05) is 0 Å². The lowest BCUT2D eigenvalue weighted by Gasteiger charge is -2.20. The fourth-order valence-electron chi connectivity index (χ4n) is 1.65. The van der Waals surface area contributed by atoms with Crippen molar-refractivity contribution in [1.29, 1.82) is 0 Å². The molecule has 0 saturated heterocycles. The average molecular weight is 252 g/mol. The normalized spacial score (nSPS) is 11.6. The first-order valence-electron chi connectivity index (χ1n) is 6.38. The summed E-state index contributed by atoms with van der Waals surface area (Å²) in [4.78, 5) is 15.7. The number of aromatic nitrogens is 2. The lowest BCUT2D eigenvalue weighted by molar-refractivity contribution is -0.122. The second kappa shape index (κ2) is 6.54. The van der Waals surface area contributed by atoms with Crippen LogP contribution in [-0.4, -0.2) is 34.1 Å². The van der Waals surface area contributed by atoms with E-state index in [1.165, 1.54) is 0 Å². The first-order valence-corrected chi connectivity index (χ1v) is 6.38. The predicted molar refractivity (Wildman–Crippen MR) is 72.3 cm³/mol. The van der Waals surface area contributed by atoms with E-state index >= 15 is 0 Å². The number of hydrogen-bond donors (Lipinski definition) is 2. The standard InChI is InChI=1S/C13H24N4O/c1-11-15-8-10-17(11)9-7-14-6-5-12(18)16-13(2,3)4/h8,10,14H,5-7,9H2,1-4H3,(H,16,18). The number of hydrogen-bond acceptors (Lipinski definition) is 3. The number of rotatable bonds is 6. The Bertz CT molecular complexity index is 379. The van der Waals surface area contributed by atoms with Crippen molar-refractivity contribution in [3.8, 4) is 0 Å². The van der Waals surface area contributed by atoms with Crippen molar-refractivity contribution in [2.45, 2.75) is 46.2 Å². The summed E-state index contributed by atoms with van der Waals surface area (Å²) in [5.41, 5.74) is -0.148. The topological polar surface area (TPSA) is 59.0 Å². The van der Waals surface area contributed by atoms with Gasteiger partial charge in [-0.25, -0.2) is 4.98 Å². The van der Waals surface area contributed by atoms with E-state index in [-0.39, 0.29) is 11.4 Å². The zero-order valence-corrected chi connectivity index (χ0v) is 11.8. The molecule has 102 valence electrons. The van der Waals surface area contributed by atoms with Crippen LogP contribution in [0.25, 0.3) is 0 Å². The number of nitrogens with one attached hydrogen (secondary N) is 2. The molecule has 5 heteroatoms. The Morgan fingerprint density at radius 1 is 1.39 bits per heavy atom. The number of carbonyl (C=O) groups excluding carboxylic acids is 1. The van der Waals surface area contributed by atoms with Gasteiger partial charge in [0.1, 0.15) is 5.82 Å². The van der Waals surface area contributed by atoms with Crippen molar-refractivity contribution in [1.82, 2.24) is 20.2 Å². The maximum Gasteiger partial charge on any atom is 0.221 e. The summed E-state index contributed by atoms with van der Waals surface area (Å²) < 4.78 is 2.09. The van der Waals surface area contributed by atoms with Gasteiger partial charge in [-0.2, -0.15) is 0 Å². The Hall–Kier alpha value is -1.36. The van der Waals surface area contributed by atoms with Gasteiger partial charge in [0, 0.05) is 44.0 Å². The van der Waals surface area contributed by atoms with Crippen LogP contribution in [0.15, 0.2) is 12.4 Å². The first kappa shape index (κ1) is 14.7. The third kappa shape index (κ3) is 5.82. The monoisotopic (exact) mass is 252 g/mol. The quantitative estimate of drug-likeness (QED) is 0.745. The summed E-state index contributed by atoms with van der Waals surface area (Å²) in [6.07, 6.45) is 4.27. The van der Waals surface area contributed by atoms with Gasteiger partial charge in [0.2, 0.25) is 5.91 Å². The molecule has 0 aromatic carbocycles. The Kier molecular flexibility index (Phi) is 5.34. The molecule has 5 nitrogen and oxygen atoms in total. The molecule has 0 aliphatic heterocycles. The Morgan fingerprint density at radius 3 is 2.67 bits per heavy atom. The number of aryl methyl sites for hydroxylation is 1. The lowest BCUT2D eigenvalue weighted by Crippen LogP contribution is -2.41. The van der Waals surface area contributed by atoms with E-state index in [9.17, 15) is 4.79 Å². The van der Waals surface area contributed by atoms with Crippen LogP contribution >= 0.6 is 0 Å². The first-order chi connectivity index (χ1) is 8.38. The van der Waals surface area contributed by atoms with E-state index in [4.69, 9.17) is 0 Å². The van der Waals surface area contributed by atoms with E-state index < -0.39 is 0 Å². The van der Waals surface area contributed by atoms with Crippen molar-refractivity contribution in [2.75, 3.05) is 13.1 Å². The molecule has 0 bridgehead atoms. The zero-order valence-electron chi connectivity index (χ0n) is 11.8. The van der Waals surface area contributed by atoms with Crippen LogP contribution in [0.1, 0.15) is 33.0 Å².